The number of hydrogen-bond acceptors (Lipinski definition) is 2. The van der Waals surface area contributed by atoms with Crippen LogP contribution in [0, 0.1) is 5.41 Å². The van der Waals surface area contributed by atoms with Crippen LogP contribution in [-0.4, -0.2) is 35.0 Å². The molecule has 2 unspecified atom stereocenters. The van der Waals surface area contributed by atoms with Crippen molar-refractivity contribution < 1.29 is 9.59 Å². The molecule has 2 atom stereocenters. The number of nitrogens with one attached hydrogen (secondary N) is 2. The number of hydrogen-bond donors (Lipinski definition) is 2. The van der Waals surface area contributed by atoms with Crippen molar-refractivity contribution in [1.82, 2.24) is 15.5 Å². The molecule has 5 nitrogen and oxygen atoms in total. The van der Waals surface area contributed by atoms with Gasteiger partial charge in [-0.1, -0.05) is 51.1 Å². The van der Waals surface area contributed by atoms with E-state index in [1.54, 1.807) is 0 Å². The van der Waals surface area contributed by atoms with Gasteiger partial charge in [0, 0.05) is 30.1 Å². The maximum absolute atomic E-state index is 12.8. The molecule has 5 heteroatoms. The standard InChI is InChI=1S/C21H31N3O2/c1-21(2,3)19(25)23-16-12-17-10-7-11-18(13-16)24(17)20(26)22-14-15-8-5-4-6-9-15/h4-6,8-9,16-18H,7,10-14H2,1-3H3,(H,22,26)(H,23,25). The van der Waals surface area contributed by atoms with Crippen LogP contribution in [0.25, 0.3) is 0 Å². The Morgan fingerprint density at radius 2 is 1.69 bits per heavy atom. The van der Waals surface area contributed by atoms with Gasteiger partial charge in [-0.3, -0.25) is 4.79 Å². The average molecular weight is 357 g/mol. The molecule has 1 aromatic carbocycles. The highest BCUT2D eigenvalue weighted by atomic mass is 16.2. The van der Waals surface area contributed by atoms with Gasteiger partial charge in [-0.15, -0.1) is 0 Å². The first kappa shape index (κ1) is 18.7. The molecule has 2 fully saturated rings. The summed E-state index contributed by atoms with van der Waals surface area (Å²) in [5, 5.41) is 6.28. The number of rotatable bonds is 3. The van der Waals surface area contributed by atoms with Gasteiger partial charge in [-0.05, 0) is 37.7 Å². The summed E-state index contributed by atoms with van der Waals surface area (Å²) in [4.78, 5) is 27.2. The molecule has 2 saturated heterocycles. The normalized spacial score (nSPS) is 25.5. The zero-order valence-electron chi connectivity index (χ0n) is 16.1. The van der Waals surface area contributed by atoms with Gasteiger partial charge >= 0.3 is 6.03 Å². The largest absolute Gasteiger partial charge is 0.353 e. The van der Waals surface area contributed by atoms with E-state index in [0.717, 1.165) is 37.7 Å². The van der Waals surface area contributed by atoms with Crippen molar-refractivity contribution in [2.24, 2.45) is 5.41 Å². The van der Waals surface area contributed by atoms with Gasteiger partial charge in [-0.2, -0.15) is 0 Å². The van der Waals surface area contributed by atoms with E-state index in [1.807, 2.05) is 56.0 Å². The van der Waals surface area contributed by atoms with Crippen molar-refractivity contribution in [3.63, 3.8) is 0 Å². The summed E-state index contributed by atoms with van der Waals surface area (Å²) in [6, 6.07) is 10.7. The molecule has 2 aliphatic heterocycles. The zero-order chi connectivity index (χ0) is 18.7. The van der Waals surface area contributed by atoms with Crippen LogP contribution in [0.5, 0.6) is 0 Å². The Kier molecular flexibility index (Phi) is 5.54. The smallest absolute Gasteiger partial charge is 0.318 e. The quantitative estimate of drug-likeness (QED) is 0.870. The fourth-order valence-corrected chi connectivity index (χ4v) is 4.10. The number of piperidine rings is 2. The highest BCUT2D eigenvalue weighted by Crippen LogP contribution is 2.34. The number of carbonyl (C=O) groups excluding carboxylic acids is 2. The van der Waals surface area contributed by atoms with E-state index in [1.165, 1.54) is 0 Å². The second-order valence-electron chi connectivity index (χ2n) is 8.68. The van der Waals surface area contributed by atoms with Gasteiger partial charge in [0.2, 0.25) is 5.91 Å². The molecule has 2 bridgehead atoms. The highest BCUT2D eigenvalue weighted by molar-refractivity contribution is 5.81. The number of fused-ring (bicyclic) bond motifs is 2. The number of carbonyl (C=O) groups is 2. The number of urea groups is 1. The van der Waals surface area contributed by atoms with Crippen LogP contribution in [-0.2, 0) is 11.3 Å². The Hall–Kier alpha value is -2.04. The van der Waals surface area contributed by atoms with E-state index >= 15 is 0 Å². The predicted octanol–water partition coefficient (Wildman–Crippen LogP) is 3.44. The predicted molar refractivity (Wildman–Crippen MR) is 103 cm³/mol. The summed E-state index contributed by atoms with van der Waals surface area (Å²) in [6.07, 6.45) is 4.93. The van der Waals surface area contributed by atoms with Crippen LogP contribution in [0.3, 0.4) is 0 Å². The van der Waals surface area contributed by atoms with Gasteiger partial charge in [0.05, 0.1) is 0 Å². The van der Waals surface area contributed by atoms with Crippen molar-refractivity contribution in [2.75, 3.05) is 0 Å². The third-order valence-corrected chi connectivity index (χ3v) is 5.51. The molecular formula is C21H31N3O2. The van der Waals surface area contributed by atoms with Crippen molar-refractivity contribution in [3.05, 3.63) is 35.9 Å². The maximum Gasteiger partial charge on any atom is 0.318 e. The van der Waals surface area contributed by atoms with E-state index in [4.69, 9.17) is 0 Å². The fourth-order valence-electron chi connectivity index (χ4n) is 4.10. The van der Waals surface area contributed by atoms with Crippen LogP contribution < -0.4 is 10.6 Å². The minimum absolute atomic E-state index is 0.0316. The minimum atomic E-state index is -0.376. The van der Waals surface area contributed by atoms with E-state index < -0.39 is 0 Å². The molecule has 2 heterocycles. The van der Waals surface area contributed by atoms with Crippen LogP contribution in [0.15, 0.2) is 30.3 Å². The first-order chi connectivity index (χ1) is 12.3. The van der Waals surface area contributed by atoms with Crippen LogP contribution >= 0.6 is 0 Å². The van der Waals surface area contributed by atoms with Crippen LogP contribution in [0.1, 0.15) is 58.4 Å². The summed E-state index contributed by atoms with van der Waals surface area (Å²) in [6.45, 7) is 6.37. The van der Waals surface area contributed by atoms with E-state index in [9.17, 15) is 9.59 Å². The summed E-state index contributed by atoms with van der Waals surface area (Å²) < 4.78 is 0. The monoisotopic (exact) mass is 357 g/mol. The second kappa shape index (κ2) is 7.68. The fraction of sp³-hybridized carbons (Fsp3) is 0.619. The van der Waals surface area contributed by atoms with E-state index in [0.29, 0.717) is 6.54 Å². The van der Waals surface area contributed by atoms with Gasteiger partial charge in [0.25, 0.3) is 0 Å². The third-order valence-electron chi connectivity index (χ3n) is 5.51. The first-order valence-corrected chi connectivity index (χ1v) is 9.75. The topological polar surface area (TPSA) is 61.4 Å². The molecule has 3 rings (SSSR count). The molecule has 2 N–H and O–H groups in total. The molecule has 1 aromatic rings. The van der Waals surface area contributed by atoms with Gasteiger partial charge < -0.3 is 15.5 Å². The Morgan fingerprint density at radius 1 is 1.08 bits per heavy atom. The molecule has 0 saturated carbocycles. The molecule has 142 valence electrons. The Balaban J connectivity index is 1.59. The molecule has 0 radical (unpaired) electrons. The van der Waals surface area contributed by atoms with Crippen molar-refractivity contribution >= 4 is 11.9 Å². The summed E-state index contributed by atoms with van der Waals surface area (Å²) >= 11 is 0. The molecule has 0 aromatic heterocycles. The summed E-state index contributed by atoms with van der Waals surface area (Å²) in [5.41, 5.74) is 0.734. The van der Waals surface area contributed by atoms with Gasteiger partial charge in [0.1, 0.15) is 0 Å². The molecule has 0 spiro atoms. The van der Waals surface area contributed by atoms with Crippen LogP contribution in [0.2, 0.25) is 0 Å². The maximum atomic E-state index is 12.8. The number of nitrogens with zero attached hydrogens (tertiary/aromatic N) is 1. The molecule has 26 heavy (non-hydrogen) atoms. The number of amides is 3. The summed E-state index contributed by atoms with van der Waals surface area (Å²) in [5.74, 6) is 0.0996. The van der Waals surface area contributed by atoms with Crippen molar-refractivity contribution in [1.29, 1.82) is 0 Å². The Morgan fingerprint density at radius 3 is 2.27 bits per heavy atom. The van der Waals surface area contributed by atoms with Crippen molar-refractivity contribution in [2.45, 2.75) is 77.5 Å². The van der Waals surface area contributed by atoms with E-state index in [-0.39, 0.29) is 35.5 Å². The Labute approximate surface area is 156 Å². The molecular weight excluding hydrogens is 326 g/mol. The SMILES string of the molecule is CC(C)(C)C(=O)NC1CC2CCCC(C1)N2C(=O)NCc1ccccc1. The lowest BCUT2D eigenvalue weighted by Gasteiger charge is -2.49. The molecule has 2 aliphatic rings. The second-order valence-corrected chi connectivity index (χ2v) is 8.68. The highest BCUT2D eigenvalue weighted by Gasteiger charge is 2.41. The van der Waals surface area contributed by atoms with Gasteiger partial charge in [-0.25, -0.2) is 4.79 Å². The molecule has 0 aliphatic carbocycles. The third kappa shape index (κ3) is 4.37. The lowest BCUT2D eigenvalue weighted by Crippen LogP contribution is -2.61. The average Bonchev–Trinajstić information content (AvgIpc) is 2.59. The zero-order valence-corrected chi connectivity index (χ0v) is 16.1. The lowest BCUT2D eigenvalue weighted by molar-refractivity contribution is -0.129. The molecule has 3 amide bonds. The first-order valence-electron chi connectivity index (χ1n) is 9.75. The number of benzene rings is 1. The Bertz CT molecular complexity index is 624. The van der Waals surface area contributed by atoms with Gasteiger partial charge in [0.15, 0.2) is 0 Å². The lowest BCUT2D eigenvalue weighted by atomic mass is 9.81. The van der Waals surface area contributed by atoms with Crippen molar-refractivity contribution in [3.8, 4) is 0 Å². The van der Waals surface area contributed by atoms with Crippen LogP contribution in [0.4, 0.5) is 4.79 Å². The minimum Gasteiger partial charge on any atom is -0.353 e. The summed E-state index contributed by atoms with van der Waals surface area (Å²) in [7, 11) is 0. The van der Waals surface area contributed by atoms with E-state index in [2.05, 4.69) is 10.6 Å².